The fraction of sp³-hybridized carbons (Fsp3) is 0.125. The Labute approximate surface area is 112 Å². The highest BCUT2D eigenvalue weighted by Crippen LogP contribution is 2.37. The van der Waals surface area contributed by atoms with Gasteiger partial charge in [0.15, 0.2) is 0 Å². The minimum absolute atomic E-state index is 1.19. The molecule has 0 saturated carbocycles. The number of para-hydroxylation sites is 1. The third-order valence-electron chi connectivity index (χ3n) is 3.13. The maximum Gasteiger partial charge on any atom is 0.0528 e. The molecule has 0 amide bonds. The predicted octanol–water partition coefficient (Wildman–Crippen LogP) is 4.82. The van der Waals surface area contributed by atoms with Gasteiger partial charge < -0.3 is 5.32 Å². The molecule has 2 aromatic carbocycles. The smallest absolute Gasteiger partial charge is 0.0528 e. The van der Waals surface area contributed by atoms with Crippen molar-refractivity contribution in [1.29, 1.82) is 0 Å². The first-order chi connectivity index (χ1) is 8.74. The summed E-state index contributed by atoms with van der Waals surface area (Å²) < 4.78 is 0. The van der Waals surface area contributed by atoms with Crippen molar-refractivity contribution in [1.82, 2.24) is 0 Å². The Hall–Kier alpha value is -1.67. The molecule has 1 aliphatic rings. The van der Waals surface area contributed by atoms with Gasteiger partial charge in [-0.15, -0.1) is 0 Å². The fourth-order valence-corrected chi connectivity index (χ4v) is 3.05. The average Bonchev–Trinajstić information content (AvgIpc) is 2.38. The summed E-state index contributed by atoms with van der Waals surface area (Å²) in [4.78, 5) is 1.28. The number of aryl methyl sites for hydroxylation is 2. The van der Waals surface area contributed by atoms with Gasteiger partial charge in [-0.1, -0.05) is 47.7 Å². The molecule has 1 N–H and O–H groups in total. The molecule has 0 unspecified atom stereocenters. The molecule has 3 rings (SSSR count). The van der Waals surface area contributed by atoms with E-state index in [4.69, 9.17) is 0 Å². The lowest BCUT2D eigenvalue weighted by Crippen LogP contribution is -2.04. The lowest BCUT2D eigenvalue weighted by molar-refractivity contribution is 1.33. The van der Waals surface area contributed by atoms with Gasteiger partial charge in [0, 0.05) is 15.9 Å². The lowest BCUT2D eigenvalue weighted by Gasteiger charge is -2.20. The number of thioether (sulfide) groups is 1. The second-order valence-corrected chi connectivity index (χ2v) is 5.50. The molecule has 0 radical (unpaired) electrons. The normalized spacial score (nSPS) is 13.6. The zero-order valence-corrected chi connectivity index (χ0v) is 11.3. The van der Waals surface area contributed by atoms with Crippen LogP contribution in [0.1, 0.15) is 16.7 Å². The number of rotatable bonds is 1. The Balaban J connectivity index is 1.98. The Bertz CT molecular complexity index is 629. The summed E-state index contributed by atoms with van der Waals surface area (Å²) in [7, 11) is 0. The van der Waals surface area contributed by atoms with Crippen LogP contribution in [0.15, 0.2) is 52.8 Å². The maximum absolute atomic E-state index is 3.51. The molecule has 0 atom stereocenters. The molecule has 0 fully saturated rings. The second-order valence-electron chi connectivity index (χ2n) is 4.59. The van der Waals surface area contributed by atoms with Crippen molar-refractivity contribution in [2.45, 2.75) is 18.7 Å². The zero-order chi connectivity index (χ0) is 12.5. The van der Waals surface area contributed by atoms with Gasteiger partial charge >= 0.3 is 0 Å². The molecule has 0 aromatic heterocycles. The van der Waals surface area contributed by atoms with Gasteiger partial charge in [0.1, 0.15) is 0 Å². The largest absolute Gasteiger partial charge is 0.354 e. The van der Waals surface area contributed by atoms with E-state index in [1.165, 1.54) is 33.0 Å². The number of hydrogen-bond donors (Lipinski definition) is 1. The molecule has 0 saturated heterocycles. The van der Waals surface area contributed by atoms with Crippen molar-refractivity contribution in [3.8, 4) is 0 Å². The van der Waals surface area contributed by atoms with E-state index in [0.717, 1.165) is 0 Å². The van der Waals surface area contributed by atoms with E-state index in [9.17, 15) is 0 Å². The number of nitrogens with one attached hydrogen (secondary N) is 1. The van der Waals surface area contributed by atoms with Gasteiger partial charge in [-0.3, -0.25) is 0 Å². The Morgan fingerprint density at radius 1 is 1.00 bits per heavy atom. The zero-order valence-electron chi connectivity index (χ0n) is 10.5. The van der Waals surface area contributed by atoms with Crippen molar-refractivity contribution in [3.63, 3.8) is 0 Å². The SMILES string of the molecule is Cc1ccc(C2=CSc3ccccc3N2)c(C)c1. The molecule has 18 heavy (non-hydrogen) atoms. The molecular weight excluding hydrogens is 238 g/mol. The summed E-state index contributed by atoms with van der Waals surface area (Å²) in [6.45, 7) is 4.29. The quantitative estimate of drug-likeness (QED) is 0.782. The van der Waals surface area contributed by atoms with Crippen LogP contribution < -0.4 is 5.32 Å². The van der Waals surface area contributed by atoms with Crippen molar-refractivity contribution in [2.75, 3.05) is 5.32 Å². The van der Waals surface area contributed by atoms with Crippen LogP contribution in [-0.4, -0.2) is 0 Å². The second kappa shape index (κ2) is 4.54. The molecule has 1 aliphatic heterocycles. The van der Waals surface area contributed by atoms with Crippen LogP contribution in [0.2, 0.25) is 0 Å². The molecule has 90 valence electrons. The molecule has 2 heteroatoms. The fourth-order valence-electron chi connectivity index (χ4n) is 2.22. The summed E-state index contributed by atoms with van der Waals surface area (Å²) in [5, 5.41) is 5.71. The summed E-state index contributed by atoms with van der Waals surface area (Å²) in [6, 6.07) is 15.0. The molecule has 0 spiro atoms. The molecule has 2 aromatic rings. The first kappa shape index (κ1) is 11.4. The number of anilines is 1. The van der Waals surface area contributed by atoms with Gasteiger partial charge in [-0.2, -0.15) is 0 Å². The summed E-state index contributed by atoms with van der Waals surface area (Å²) >= 11 is 1.78. The van der Waals surface area contributed by atoms with Crippen molar-refractivity contribution < 1.29 is 0 Å². The van der Waals surface area contributed by atoms with E-state index < -0.39 is 0 Å². The van der Waals surface area contributed by atoms with Crippen molar-refractivity contribution in [2.24, 2.45) is 0 Å². The molecule has 0 aliphatic carbocycles. The van der Waals surface area contributed by atoms with Crippen molar-refractivity contribution in [3.05, 3.63) is 64.6 Å². The van der Waals surface area contributed by atoms with Crippen LogP contribution >= 0.6 is 11.8 Å². The van der Waals surface area contributed by atoms with Crippen LogP contribution in [0.5, 0.6) is 0 Å². The van der Waals surface area contributed by atoms with Crippen LogP contribution in [0.4, 0.5) is 5.69 Å². The van der Waals surface area contributed by atoms with Crippen LogP contribution in [-0.2, 0) is 0 Å². The van der Waals surface area contributed by atoms with E-state index >= 15 is 0 Å². The van der Waals surface area contributed by atoms with Gasteiger partial charge in [-0.05, 0) is 31.5 Å². The summed E-state index contributed by atoms with van der Waals surface area (Å²) in [6.07, 6.45) is 0. The van der Waals surface area contributed by atoms with Crippen LogP contribution in [0, 0.1) is 13.8 Å². The van der Waals surface area contributed by atoms with Gasteiger partial charge in [0.05, 0.1) is 11.4 Å². The van der Waals surface area contributed by atoms with Gasteiger partial charge in [0.25, 0.3) is 0 Å². The average molecular weight is 253 g/mol. The highest BCUT2D eigenvalue weighted by molar-refractivity contribution is 8.02. The monoisotopic (exact) mass is 253 g/mol. The van der Waals surface area contributed by atoms with E-state index in [2.05, 4.69) is 67.0 Å². The summed E-state index contributed by atoms with van der Waals surface area (Å²) in [5.74, 6) is 0. The molecule has 0 bridgehead atoms. The van der Waals surface area contributed by atoms with E-state index in [1.54, 1.807) is 11.8 Å². The highest BCUT2D eigenvalue weighted by Gasteiger charge is 2.12. The Morgan fingerprint density at radius 2 is 1.83 bits per heavy atom. The molecule has 1 heterocycles. The number of fused-ring (bicyclic) bond motifs is 1. The van der Waals surface area contributed by atoms with Crippen LogP contribution in [0.25, 0.3) is 5.70 Å². The number of hydrogen-bond acceptors (Lipinski definition) is 2. The van der Waals surface area contributed by atoms with E-state index in [1.807, 2.05) is 0 Å². The maximum atomic E-state index is 3.51. The van der Waals surface area contributed by atoms with Gasteiger partial charge in [0.2, 0.25) is 0 Å². The van der Waals surface area contributed by atoms with Crippen molar-refractivity contribution >= 4 is 23.1 Å². The lowest BCUT2D eigenvalue weighted by atomic mass is 10.0. The minimum atomic E-state index is 1.19. The minimum Gasteiger partial charge on any atom is -0.354 e. The number of benzene rings is 2. The Morgan fingerprint density at radius 3 is 2.67 bits per heavy atom. The van der Waals surface area contributed by atoms with Gasteiger partial charge in [-0.25, -0.2) is 0 Å². The predicted molar refractivity (Wildman–Crippen MR) is 79.8 cm³/mol. The Kier molecular flexibility index (Phi) is 2.88. The first-order valence-electron chi connectivity index (χ1n) is 6.04. The summed E-state index contributed by atoms with van der Waals surface area (Å²) in [5.41, 5.74) is 6.29. The first-order valence-corrected chi connectivity index (χ1v) is 6.92. The van der Waals surface area contributed by atoms with E-state index in [0.29, 0.717) is 0 Å². The third kappa shape index (κ3) is 2.04. The topological polar surface area (TPSA) is 12.0 Å². The highest BCUT2D eigenvalue weighted by atomic mass is 32.2. The standard InChI is InChI=1S/C16H15NS/c1-11-7-8-13(12(2)9-11)15-10-18-16-6-4-3-5-14(16)17-15/h3-10,17H,1-2H3. The van der Waals surface area contributed by atoms with Crippen LogP contribution in [0.3, 0.4) is 0 Å². The molecule has 1 nitrogen and oxygen atoms in total. The van der Waals surface area contributed by atoms with E-state index in [-0.39, 0.29) is 0 Å². The molecular formula is C16H15NS. The third-order valence-corrected chi connectivity index (χ3v) is 4.10.